The summed E-state index contributed by atoms with van der Waals surface area (Å²) in [5.41, 5.74) is 1.02. The summed E-state index contributed by atoms with van der Waals surface area (Å²) in [6.45, 7) is 1.68. The van der Waals surface area contributed by atoms with Crippen molar-refractivity contribution in [3.63, 3.8) is 0 Å². The zero-order valence-electron chi connectivity index (χ0n) is 10.5. The van der Waals surface area contributed by atoms with Crippen molar-refractivity contribution in [1.82, 2.24) is 4.90 Å². The minimum atomic E-state index is -0.826. The number of carboxylic acids is 1. The Morgan fingerprint density at radius 2 is 2.21 bits per heavy atom. The van der Waals surface area contributed by atoms with Crippen LogP contribution in [0.3, 0.4) is 0 Å². The van der Waals surface area contributed by atoms with E-state index >= 15 is 0 Å². The molecule has 2 rings (SSSR count). The van der Waals surface area contributed by atoms with Gasteiger partial charge in [-0.2, -0.15) is 0 Å². The van der Waals surface area contributed by atoms with Crippen LogP contribution in [0.15, 0.2) is 18.2 Å². The lowest BCUT2D eigenvalue weighted by atomic mass is 10.2. The van der Waals surface area contributed by atoms with Gasteiger partial charge in [-0.05, 0) is 17.7 Å². The molecule has 0 saturated heterocycles. The molecule has 100 valence electrons. The maximum Gasteiger partial charge on any atom is 0.304 e. The first-order valence-electron chi connectivity index (χ1n) is 5.95. The molecule has 0 saturated carbocycles. The number of aliphatic carboxylic acids is 1. The maximum absolute atomic E-state index is 10.6. The summed E-state index contributed by atoms with van der Waals surface area (Å²) in [5.74, 6) is 3.17. The van der Waals surface area contributed by atoms with Crippen molar-refractivity contribution >= 4 is 5.97 Å². The van der Waals surface area contributed by atoms with Crippen LogP contribution in [0.2, 0.25) is 0 Å². The lowest BCUT2D eigenvalue weighted by Gasteiger charge is -2.18. The molecule has 0 radical (unpaired) electrons. The maximum atomic E-state index is 10.6. The molecule has 1 N–H and O–H groups in total. The number of carboxylic acid groups (broad SMARTS) is 1. The number of terminal acetylenes is 1. The first kappa shape index (κ1) is 13.2. The second kappa shape index (κ2) is 6.12. The zero-order chi connectivity index (χ0) is 13.7. The predicted molar refractivity (Wildman–Crippen MR) is 68.9 cm³/mol. The van der Waals surface area contributed by atoms with E-state index in [1.807, 2.05) is 23.1 Å². The van der Waals surface area contributed by atoms with E-state index in [2.05, 4.69) is 5.92 Å². The third-order valence-electron chi connectivity index (χ3n) is 2.80. The Balaban J connectivity index is 2.00. The molecule has 0 aliphatic carbocycles. The van der Waals surface area contributed by atoms with Gasteiger partial charge in [0.2, 0.25) is 6.79 Å². The number of rotatable bonds is 6. The average Bonchev–Trinajstić information content (AvgIpc) is 2.83. The molecule has 1 aliphatic rings. The lowest BCUT2D eigenvalue weighted by Crippen LogP contribution is -2.26. The standard InChI is InChI=1S/C14H15NO4/c1-2-6-15(7-5-14(16)17)9-11-3-4-12-13(8-11)19-10-18-12/h1,3-4,8H,5-7,9-10H2,(H,16,17). The highest BCUT2D eigenvalue weighted by Crippen LogP contribution is 2.32. The molecule has 5 heteroatoms. The van der Waals surface area contributed by atoms with Gasteiger partial charge < -0.3 is 14.6 Å². The quantitative estimate of drug-likeness (QED) is 0.783. The fourth-order valence-corrected chi connectivity index (χ4v) is 1.89. The molecule has 19 heavy (non-hydrogen) atoms. The molecule has 0 bridgehead atoms. The van der Waals surface area contributed by atoms with E-state index in [9.17, 15) is 4.79 Å². The van der Waals surface area contributed by atoms with Gasteiger partial charge in [-0.3, -0.25) is 9.69 Å². The zero-order valence-corrected chi connectivity index (χ0v) is 10.5. The topological polar surface area (TPSA) is 59.0 Å². The van der Waals surface area contributed by atoms with E-state index in [0.29, 0.717) is 19.6 Å². The van der Waals surface area contributed by atoms with Gasteiger partial charge in [0.05, 0.1) is 13.0 Å². The molecule has 0 unspecified atom stereocenters. The largest absolute Gasteiger partial charge is 0.481 e. The van der Waals surface area contributed by atoms with E-state index in [4.69, 9.17) is 21.0 Å². The number of ether oxygens (including phenoxy) is 2. The van der Waals surface area contributed by atoms with Gasteiger partial charge in [0, 0.05) is 13.1 Å². The second-order valence-corrected chi connectivity index (χ2v) is 4.25. The number of hydrogen-bond donors (Lipinski definition) is 1. The monoisotopic (exact) mass is 261 g/mol. The van der Waals surface area contributed by atoms with E-state index in [-0.39, 0.29) is 13.2 Å². The van der Waals surface area contributed by atoms with Gasteiger partial charge in [0.1, 0.15) is 0 Å². The fraction of sp³-hybridized carbons (Fsp3) is 0.357. The SMILES string of the molecule is C#CCN(CCC(=O)O)Cc1ccc2c(c1)OCO2. The highest BCUT2D eigenvalue weighted by molar-refractivity contribution is 5.66. The Morgan fingerprint density at radius 3 is 2.95 bits per heavy atom. The lowest BCUT2D eigenvalue weighted by molar-refractivity contribution is -0.137. The molecule has 0 amide bonds. The molecule has 0 spiro atoms. The van der Waals surface area contributed by atoms with Gasteiger partial charge in [-0.15, -0.1) is 6.42 Å². The van der Waals surface area contributed by atoms with Crippen LogP contribution in [0.4, 0.5) is 0 Å². The summed E-state index contributed by atoms with van der Waals surface area (Å²) in [7, 11) is 0. The number of benzene rings is 1. The fourth-order valence-electron chi connectivity index (χ4n) is 1.89. The van der Waals surface area contributed by atoms with Crippen molar-refractivity contribution in [2.45, 2.75) is 13.0 Å². The van der Waals surface area contributed by atoms with Crippen molar-refractivity contribution in [3.05, 3.63) is 23.8 Å². The van der Waals surface area contributed by atoms with Crippen molar-refractivity contribution in [3.8, 4) is 23.8 Å². The molecule has 1 heterocycles. The Bertz CT molecular complexity index is 507. The highest BCUT2D eigenvalue weighted by Gasteiger charge is 2.14. The highest BCUT2D eigenvalue weighted by atomic mass is 16.7. The van der Waals surface area contributed by atoms with E-state index < -0.39 is 5.97 Å². The summed E-state index contributed by atoms with van der Waals surface area (Å²) in [6.07, 6.45) is 5.37. The van der Waals surface area contributed by atoms with Crippen LogP contribution in [0.5, 0.6) is 11.5 Å². The van der Waals surface area contributed by atoms with Crippen LogP contribution in [0, 0.1) is 12.3 Å². The summed E-state index contributed by atoms with van der Waals surface area (Å²) in [6, 6.07) is 5.67. The molecule has 0 fully saturated rings. The summed E-state index contributed by atoms with van der Waals surface area (Å²) in [5, 5.41) is 8.71. The molecule has 1 aliphatic heterocycles. The van der Waals surface area contributed by atoms with E-state index in [0.717, 1.165) is 17.1 Å². The van der Waals surface area contributed by atoms with Crippen molar-refractivity contribution in [1.29, 1.82) is 0 Å². The van der Waals surface area contributed by atoms with Crippen LogP contribution in [-0.4, -0.2) is 35.9 Å². The van der Waals surface area contributed by atoms with Crippen molar-refractivity contribution < 1.29 is 19.4 Å². The third kappa shape index (κ3) is 3.63. The van der Waals surface area contributed by atoms with Crippen LogP contribution in [0.25, 0.3) is 0 Å². The van der Waals surface area contributed by atoms with Crippen LogP contribution >= 0.6 is 0 Å². The smallest absolute Gasteiger partial charge is 0.304 e. The molecule has 5 nitrogen and oxygen atoms in total. The summed E-state index contributed by atoms with van der Waals surface area (Å²) in [4.78, 5) is 12.5. The minimum absolute atomic E-state index is 0.0756. The number of nitrogens with zero attached hydrogens (tertiary/aromatic N) is 1. The van der Waals surface area contributed by atoms with E-state index in [1.165, 1.54) is 0 Å². The Kier molecular flexibility index (Phi) is 4.26. The van der Waals surface area contributed by atoms with Crippen LogP contribution < -0.4 is 9.47 Å². The van der Waals surface area contributed by atoms with Crippen molar-refractivity contribution in [2.75, 3.05) is 19.9 Å². The van der Waals surface area contributed by atoms with Crippen molar-refractivity contribution in [2.24, 2.45) is 0 Å². The number of fused-ring (bicyclic) bond motifs is 1. The predicted octanol–water partition coefficient (Wildman–Crippen LogP) is 1.33. The number of carbonyl (C=O) groups is 1. The summed E-state index contributed by atoms with van der Waals surface area (Å²) >= 11 is 0. The van der Waals surface area contributed by atoms with Gasteiger partial charge in [0.15, 0.2) is 11.5 Å². The Labute approximate surface area is 111 Å². The minimum Gasteiger partial charge on any atom is -0.481 e. The molecular weight excluding hydrogens is 246 g/mol. The third-order valence-corrected chi connectivity index (χ3v) is 2.80. The Morgan fingerprint density at radius 1 is 1.42 bits per heavy atom. The average molecular weight is 261 g/mol. The van der Waals surface area contributed by atoms with Gasteiger partial charge in [-0.25, -0.2) is 0 Å². The molecule has 0 aromatic heterocycles. The normalized spacial score (nSPS) is 12.4. The van der Waals surface area contributed by atoms with E-state index in [1.54, 1.807) is 0 Å². The first-order chi connectivity index (χ1) is 9.19. The van der Waals surface area contributed by atoms with Gasteiger partial charge in [0.25, 0.3) is 0 Å². The summed E-state index contributed by atoms with van der Waals surface area (Å²) < 4.78 is 10.5. The van der Waals surface area contributed by atoms with Crippen LogP contribution in [-0.2, 0) is 11.3 Å². The first-order valence-corrected chi connectivity index (χ1v) is 5.95. The molecule has 1 aromatic rings. The van der Waals surface area contributed by atoms with Crippen LogP contribution in [0.1, 0.15) is 12.0 Å². The number of hydrogen-bond acceptors (Lipinski definition) is 4. The van der Waals surface area contributed by atoms with Gasteiger partial charge in [-0.1, -0.05) is 12.0 Å². The Hall–Kier alpha value is -2.19. The second-order valence-electron chi connectivity index (χ2n) is 4.25. The van der Waals surface area contributed by atoms with Gasteiger partial charge >= 0.3 is 5.97 Å². The molecule has 0 atom stereocenters. The molecule has 1 aromatic carbocycles. The molecular formula is C14H15NO4.